The molecule has 0 aliphatic carbocycles. The van der Waals surface area contributed by atoms with Crippen molar-refractivity contribution >= 4 is 5.97 Å². The van der Waals surface area contributed by atoms with Crippen molar-refractivity contribution in [3.8, 4) is 11.5 Å². The molecule has 144 valence electrons. The van der Waals surface area contributed by atoms with Gasteiger partial charge in [-0.25, -0.2) is 9.18 Å². The number of esters is 1. The molecule has 1 aliphatic heterocycles. The van der Waals surface area contributed by atoms with Crippen LogP contribution < -0.4 is 4.74 Å². The molecule has 0 fully saturated rings. The van der Waals surface area contributed by atoms with E-state index in [9.17, 15) is 9.18 Å². The number of ether oxygens (including phenoxy) is 2. The van der Waals surface area contributed by atoms with Gasteiger partial charge >= 0.3 is 5.97 Å². The van der Waals surface area contributed by atoms with Gasteiger partial charge in [0.1, 0.15) is 22.9 Å². The molecule has 4 nitrogen and oxygen atoms in total. The third-order valence-corrected chi connectivity index (χ3v) is 4.58. The van der Waals surface area contributed by atoms with Crippen LogP contribution in [-0.4, -0.2) is 30.6 Å². The normalized spacial score (nSPS) is 14.1. The van der Waals surface area contributed by atoms with E-state index in [0.29, 0.717) is 11.7 Å². The summed E-state index contributed by atoms with van der Waals surface area (Å²) in [5.41, 5.74) is 2.57. The van der Waals surface area contributed by atoms with Gasteiger partial charge in [0.05, 0.1) is 6.61 Å². The van der Waals surface area contributed by atoms with Gasteiger partial charge in [-0.2, -0.15) is 0 Å². The highest BCUT2D eigenvalue weighted by atomic mass is 19.1. The van der Waals surface area contributed by atoms with E-state index in [-0.39, 0.29) is 17.9 Å². The molecule has 3 rings (SSSR count). The molecule has 1 heterocycles. The molecule has 0 saturated heterocycles. The van der Waals surface area contributed by atoms with Crippen LogP contribution in [0.15, 0.2) is 36.4 Å². The lowest BCUT2D eigenvalue weighted by Gasteiger charge is -2.31. The number of fused-ring (bicyclic) bond motifs is 1. The Balaban J connectivity index is 1.88. The minimum absolute atomic E-state index is 0.187. The summed E-state index contributed by atoms with van der Waals surface area (Å²) in [6.45, 7) is 9.31. The first-order valence-corrected chi connectivity index (χ1v) is 9.45. The zero-order chi connectivity index (χ0) is 19.4. The van der Waals surface area contributed by atoms with Crippen molar-refractivity contribution < 1.29 is 18.7 Å². The lowest BCUT2D eigenvalue weighted by molar-refractivity contribution is 0.0523. The SMILES string of the molecule is CCOC(=O)c1ccc(F)cc1Oc1cccc2c1CCN(CC(C)C)C2. The van der Waals surface area contributed by atoms with Crippen molar-refractivity contribution in [2.24, 2.45) is 5.92 Å². The first kappa shape index (κ1) is 19.4. The van der Waals surface area contributed by atoms with Crippen LogP contribution in [0.4, 0.5) is 4.39 Å². The number of benzene rings is 2. The molecule has 1 aliphatic rings. The Bertz CT molecular complexity index is 819. The fraction of sp³-hybridized carbons (Fsp3) is 0.409. The molecule has 0 bridgehead atoms. The van der Waals surface area contributed by atoms with Gasteiger partial charge in [-0.15, -0.1) is 0 Å². The van der Waals surface area contributed by atoms with Crippen LogP contribution in [0.25, 0.3) is 0 Å². The second-order valence-electron chi connectivity index (χ2n) is 7.24. The maximum absolute atomic E-state index is 13.8. The Kier molecular flexibility index (Phi) is 6.11. The molecule has 0 saturated carbocycles. The Morgan fingerprint density at radius 3 is 2.78 bits per heavy atom. The van der Waals surface area contributed by atoms with Crippen molar-refractivity contribution in [2.75, 3.05) is 19.7 Å². The van der Waals surface area contributed by atoms with E-state index in [1.807, 2.05) is 12.1 Å². The Morgan fingerprint density at radius 1 is 1.22 bits per heavy atom. The van der Waals surface area contributed by atoms with Crippen LogP contribution in [-0.2, 0) is 17.7 Å². The van der Waals surface area contributed by atoms with Gasteiger partial charge < -0.3 is 9.47 Å². The number of halogens is 1. The topological polar surface area (TPSA) is 38.8 Å². The third kappa shape index (κ3) is 4.66. The summed E-state index contributed by atoms with van der Waals surface area (Å²) in [7, 11) is 0. The number of carbonyl (C=O) groups is 1. The molecule has 5 heteroatoms. The molecular weight excluding hydrogens is 345 g/mol. The molecule has 2 aromatic carbocycles. The van der Waals surface area contributed by atoms with Crippen molar-refractivity contribution in [2.45, 2.75) is 33.7 Å². The maximum atomic E-state index is 13.8. The van der Waals surface area contributed by atoms with Gasteiger partial charge in [0, 0.05) is 31.3 Å². The molecule has 0 unspecified atom stereocenters. The van der Waals surface area contributed by atoms with E-state index in [2.05, 4.69) is 24.8 Å². The van der Waals surface area contributed by atoms with Gasteiger partial charge in [-0.05, 0) is 43.0 Å². The van der Waals surface area contributed by atoms with Crippen LogP contribution in [0.2, 0.25) is 0 Å². The van der Waals surface area contributed by atoms with Crippen LogP contribution in [0.3, 0.4) is 0 Å². The molecule has 27 heavy (non-hydrogen) atoms. The standard InChI is InChI=1S/C22H26FNO3/c1-4-26-22(25)19-9-8-17(23)12-21(19)27-20-7-5-6-16-14-24(13-15(2)3)11-10-18(16)20/h5-9,12,15H,4,10-11,13-14H2,1-3H3. The zero-order valence-electron chi connectivity index (χ0n) is 16.1. The van der Waals surface area contributed by atoms with Crippen LogP contribution >= 0.6 is 0 Å². The maximum Gasteiger partial charge on any atom is 0.341 e. The molecule has 0 radical (unpaired) electrons. The molecule has 0 aromatic heterocycles. The number of nitrogens with zero attached hydrogens (tertiary/aromatic N) is 1. The quantitative estimate of drug-likeness (QED) is 0.683. The minimum atomic E-state index is -0.514. The minimum Gasteiger partial charge on any atom is -0.462 e. The number of carbonyl (C=O) groups excluding carboxylic acids is 1. The first-order valence-electron chi connectivity index (χ1n) is 9.45. The van der Waals surface area contributed by atoms with Gasteiger partial charge in [0.25, 0.3) is 0 Å². The monoisotopic (exact) mass is 371 g/mol. The predicted molar refractivity (Wildman–Crippen MR) is 103 cm³/mol. The summed E-state index contributed by atoms with van der Waals surface area (Å²) in [5.74, 6) is 0.510. The van der Waals surface area contributed by atoms with Gasteiger partial charge in [0.2, 0.25) is 0 Å². The average Bonchev–Trinajstić information content (AvgIpc) is 2.61. The Hall–Kier alpha value is -2.40. The summed E-state index contributed by atoms with van der Waals surface area (Å²) in [5, 5.41) is 0. The van der Waals surface area contributed by atoms with Crippen molar-refractivity contribution in [1.29, 1.82) is 0 Å². The van der Waals surface area contributed by atoms with E-state index < -0.39 is 11.8 Å². The van der Waals surface area contributed by atoms with Crippen LogP contribution in [0.1, 0.15) is 42.3 Å². The predicted octanol–water partition coefficient (Wildman–Crippen LogP) is 4.81. The fourth-order valence-corrected chi connectivity index (χ4v) is 3.48. The zero-order valence-corrected chi connectivity index (χ0v) is 16.1. The second kappa shape index (κ2) is 8.53. The van der Waals surface area contributed by atoms with E-state index in [1.165, 1.54) is 23.8 Å². The number of hydrogen-bond donors (Lipinski definition) is 0. The molecular formula is C22H26FNO3. The highest BCUT2D eigenvalue weighted by molar-refractivity contribution is 5.92. The van der Waals surface area contributed by atoms with E-state index in [1.54, 1.807) is 6.92 Å². The van der Waals surface area contributed by atoms with Crippen molar-refractivity contribution in [3.63, 3.8) is 0 Å². The van der Waals surface area contributed by atoms with E-state index >= 15 is 0 Å². The Morgan fingerprint density at radius 2 is 2.04 bits per heavy atom. The third-order valence-electron chi connectivity index (χ3n) is 4.58. The largest absolute Gasteiger partial charge is 0.462 e. The summed E-state index contributed by atoms with van der Waals surface area (Å²) in [4.78, 5) is 14.6. The summed E-state index contributed by atoms with van der Waals surface area (Å²) in [6, 6.07) is 9.80. The summed E-state index contributed by atoms with van der Waals surface area (Å²) >= 11 is 0. The molecule has 0 spiro atoms. The van der Waals surface area contributed by atoms with Crippen molar-refractivity contribution in [3.05, 3.63) is 58.9 Å². The van der Waals surface area contributed by atoms with Crippen LogP contribution in [0.5, 0.6) is 11.5 Å². The smallest absolute Gasteiger partial charge is 0.341 e. The highest BCUT2D eigenvalue weighted by Gasteiger charge is 2.22. The van der Waals surface area contributed by atoms with Gasteiger partial charge in [0.15, 0.2) is 0 Å². The second-order valence-corrected chi connectivity index (χ2v) is 7.24. The highest BCUT2D eigenvalue weighted by Crippen LogP contribution is 2.33. The first-order chi connectivity index (χ1) is 13.0. The Labute approximate surface area is 159 Å². The number of hydrogen-bond acceptors (Lipinski definition) is 4. The lowest BCUT2D eigenvalue weighted by atomic mass is 9.98. The molecule has 2 aromatic rings. The van der Waals surface area contributed by atoms with E-state index in [4.69, 9.17) is 9.47 Å². The van der Waals surface area contributed by atoms with Gasteiger partial charge in [-0.3, -0.25) is 4.90 Å². The summed E-state index contributed by atoms with van der Waals surface area (Å²) < 4.78 is 24.8. The average molecular weight is 371 g/mol. The van der Waals surface area contributed by atoms with Crippen LogP contribution in [0, 0.1) is 11.7 Å². The molecule has 0 amide bonds. The fourth-order valence-electron chi connectivity index (χ4n) is 3.48. The van der Waals surface area contributed by atoms with E-state index in [0.717, 1.165) is 31.6 Å². The van der Waals surface area contributed by atoms with Crippen molar-refractivity contribution in [1.82, 2.24) is 4.90 Å². The summed E-state index contributed by atoms with van der Waals surface area (Å²) in [6.07, 6.45) is 0.863. The number of rotatable bonds is 6. The van der Waals surface area contributed by atoms with Gasteiger partial charge in [-0.1, -0.05) is 26.0 Å². The molecule has 0 N–H and O–H groups in total. The molecule has 0 atom stereocenters. The lowest BCUT2D eigenvalue weighted by Crippen LogP contribution is -2.33.